The summed E-state index contributed by atoms with van der Waals surface area (Å²) in [4.78, 5) is 59.7. The summed E-state index contributed by atoms with van der Waals surface area (Å²) in [6, 6.07) is 33.7. The molecule has 0 spiro atoms. The van der Waals surface area contributed by atoms with Crippen molar-refractivity contribution in [2.24, 2.45) is 23.7 Å². The summed E-state index contributed by atoms with van der Waals surface area (Å²) >= 11 is 0. The number of phenols is 1. The van der Waals surface area contributed by atoms with Crippen LogP contribution in [-0.4, -0.2) is 33.4 Å². The van der Waals surface area contributed by atoms with Gasteiger partial charge in [0, 0.05) is 23.0 Å². The van der Waals surface area contributed by atoms with Crippen LogP contribution >= 0.6 is 0 Å². The zero-order valence-corrected chi connectivity index (χ0v) is 26.6. The van der Waals surface area contributed by atoms with Crippen LogP contribution in [0.3, 0.4) is 0 Å². The van der Waals surface area contributed by atoms with Crippen LogP contribution in [0, 0.1) is 30.6 Å². The van der Waals surface area contributed by atoms with Gasteiger partial charge < -0.3 is 5.11 Å². The van der Waals surface area contributed by atoms with E-state index in [-0.39, 0.29) is 42.1 Å². The largest absolute Gasteiger partial charge is 0.507 e. The smallest absolute Gasteiger partial charge is 0.234 e. The monoisotopic (exact) mass is 633 g/mol. The molecule has 0 aromatic heterocycles. The lowest BCUT2D eigenvalue weighted by atomic mass is 9.44. The zero-order chi connectivity index (χ0) is 33.2. The minimum atomic E-state index is -1.37. The van der Waals surface area contributed by atoms with Crippen LogP contribution in [0.1, 0.15) is 46.6 Å². The van der Waals surface area contributed by atoms with Crippen LogP contribution in [0.5, 0.6) is 5.75 Å². The zero-order valence-electron chi connectivity index (χ0n) is 26.6. The van der Waals surface area contributed by atoms with E-state index in [0.29, 0.717) is 34.2 Å². The number of nitrogens with zero attached hydrogens (tertiary/aromatic N) is 1. The van der Waals surface area contributed by atoms with E-state index in [4.69, 9.17) is 0 Å². The number of amides is 2. The van der Waals surface area contributed by atoms with Crippen LogP contribution in [0.2, 0.25) is 0 Å². The predicted molar refractivity (Wildman–Crippen MR) is 181 cm³/mol. The topological polar surface area (TPSA) is 91.8 Å². The molecule has 6 nitrogen and oxygen atoms in total. The highest BCUT2D eigenvalue weighted by Gasteiger charge is 2.66. The van der Waals surface area contributed by atoms with Crippen molar-refractivity contribution in [3.05, 3.63) is 155 Å². The summed E-state index contributed by atoms with van der Waals surface area (Å²) < 4.78 is 0. The molecule has 1 saturated carbocycles. The number of aromatic hydroxyl groups is 1. The van der Waals surface area contributed by atoms with Gasteiger partial charge in [-0.1, -0.05) is 121 Å². The van der Waals surface area contributed by atoms with Crippen molar-refractivity contribution >= 4 is 29.0 Å². The lowest BCUT2D eigenvalue weighted by Gasteiger charge is -2.55. The molecular formula is C42H35NO5. The highest BCUT2D eigenvalue weighted by atomic mass is 16.3. The summed E-state index contributed by atoms with van der Waals surface area (Å²) in [5.74, 6) is -4.01. The highest BCUT2D eigenvalue weighted by Crippen LogP contribution is 2.64. The Bertz CT molecular complexity index is 2030. The van der Waals surface area contributed by atoms with Crippen LogP contribution in [-0.2, 0) is 31.1 Å². The number of ketones is 2. The molecule has 0 bridgehead atoms. The number of carbonyl (C=O) groups is 4. The Labute approximate surface area is 279 Å². The number of likely N-dealkylation sites (tertiary alicyclic amines) is 1. The minimum Gasteiger partial charge on any atom is -0.507 e. The molecule has 1 N–H and O–H groups in total. The Morgan fingerprint density at radius 1 is 0.771 bits per heavy atom. The van der Waals surface area contributed by atoms with Gasteiger partial charge in [0.25, 0.3) is 0 Å². The fraction of sp³-hybridized carbons (Fsp3) is 0.238. The van der Waals surface area contributed by atoms with Gasteiger partial charge in [0.05, 0.1) is 23.8 Å². The van der Waals surface area contributed by atoms with Crippen molar-refractivity contribution in [2.45, 2.75) is 37.6 Å². The van der Waals surface area contributed by atoms with Crippen molar-refractivity contribution in [3.63, 3.8) is 0 Å². The normalized spacial score (nSPS) is 27.9. The van der Waals surface area contributed by atoms with E-state index in [1.807, 2.05) is 122 Å². The maximum absolute atomic E-state index is 15.1. The standard InChI is InChI=1S/C42H35NO5/c1-25-12-11-19-31(38(25)45)37-29-20-21-30-36(41(48)43(40(30)47)24-26-13-5-2-6-14-26)33(29)22-34-39(46)32(27-15-7-3-8-16-27)23-35(44)42(34,37)28-17-9-4-10-18-28/h2-20,23,30,33-34,36-37,45H,21-22,24H2,1H3. The van der Waals surface area contributed by atoms with E-state index in [9.17, 15) is 19.5 Å². The van der Waals surface area contributed by atoms with E-state index >= 15 is 4.79 Å². The number of hydrogen-bond donors (Lipinski definition) is 1. The quantitative estimate of drug-likeness (QED) is 0.195. The maximum Gasteiger partial charge on any atom is 0.234 e. The van der Waals surface area contributed by atoms with Crippen molar-refractivity contribution in [1.82, 2.24) is 4.90 Å². The van der Waals surface area contributed by atoms with Crippen molar-refractivity contribution in [1.29, 1.82) is 0 Å². The van der Waals surface area contributed by atoms with E-state index in [1.165, 1.54) is 11.0 Å². The van der Waals surface area contributed by atoms with Crippen molar-refractivity contribution < 1.29 is 24.3 Å². The number of fused-ring (bicyclic) bond motifs is 4. The number of allylic oxidation sites excluding steroid dienone is 4. The number of para-hydroxylation sites is 1. The van der Waals surface area contributed by atoms with Gasteiger partial charge in [0.1, 0.15) is 5.75 Å². The van der Waals surface area contributed by atoms with Crippen LogP contribution in [0.15, 0.2) is 127 Å². The summed E-state index contributed by atoms with van der Waals surface area (Å²) in [5, 5.41) is 11.7. The molecule has 1 heterocycles. The average molecular weight is 634 g/mol. The Kier molecular flexibility index (Phi) is 7.13. The van der Waals surface area contributed by atoms with Gasteiger partial charge in [-0.05, 0) is 54.0 Å². The second-order valence-electron chi connectivity index (χ2n) is 13.5. The van der Waals surface area contributed by atoms with Crippen molar-refractivity contribution in [3.8, 4) is 5.75 Å². The molecule has 238 valence electrons. The molecule has 8 rings (SSSR count). The fourth-order valence-corrected chi connectivity index (χ4v) is 9.12. The van der Waals surface area contributed by atoms with Crippen molar-refractivity contribution in [2.75, 3.05) is 0 Å². The summed E-state index contributed by atoms with van der Waals surface area (Å²) in [5.41, 5.74) is 3.26. The fourth-order valence-electron chi connectivity index (χ4n) is 9.12. The number of imide groups is 1. The molecule has 4 aromatic rings. The summed E-state index contributed by atoms with van der Waals surface area (Å²) in [6.45, 7) is 2.00. The number of phenolic OH excluding ortho intramolecular Hbond substituents is 1. The molecule has 0 radical (unpaired) electrons. The Hall–Kier alpha value is -5.36. The lowest BCUT2D eigenvalue weighted by Crippen LogP contribution is -2.58. The molecule has 48 heavy (non-hydrogen) atoms. The second-order valence-corrected chi connectivity index (χ2v) is 13.5. The molecule has 4 aromatic carbocycles. The summed E-state index contributed by atoms with van der Waals surface area (Å²) in [7, 11) is 0. The van der Waals surface area contributed by atoms with E-state index in [1.54, 1.807) is 0 Å². The average Bonchev–Trinajstić information content (AvgIpc) is 3.36. The molecule has 6 atom stereocenters. The molecule has 2 amide bonds. The third-order valence-electron chi connectivity index (χ3n) is 11.2. The molecule has 6 heteroatoms. The number of hydrogen-bond acceptors (Lipinski definition) is 5. The highest BCUT2D eigenvalue weighted by molar-refractivity contribution is 6.31. The predicted octanol–water partition coefficient (Wildman–Crippen LogP) is 6.73. The number of rotatable bonds is 5. The third kappa shape index (κ3) is 4.32. The molecule has 1 saturated heterocycles. The molecular weight excluding hydrogens is 598 g/mol. The van der Waals surface area contributed by atoms with Crippen LogP contribution < -0.4 is 0 Å². The molecule has 1 aliphatic heterocycles. The van der Waals surface area contributed by atoms with Gasteiger partial charge in [0.15, 0.2) is 11.6 Å². The number of benzene rings is 4. The second kappa shape index (κ2) is 11.4. The van der Waals surface area contributed by atoms with Gasteiger partial charge in [-0.3, -0.25) is 24.1 Å². The van der Waals surface area contributed by atoms with Gasteiger partial charge in [-0.2, -0.15) is 0 Å². The Balaban J connectivity index is 1.35. The number of aryl methyl sites for hydroxylation is 1. The first kappa shape index (κ1) is 30.0. The van der Waals surface area contributed by atoms with E-state index < -0.39 is 35.0 Å². The van der Waals surface area contributed by atoms with Gasteiger partial charge in [-0.15, -0.1) is 0 Å². The van der Waals surface area contributed by atoms with E-state index in [2.05, 4.69) is 0 Å². The Morgan fingerprint density at radius 2 is 1.44 bits per heavy atom. The third-order valence-corrected chi connectivity index (χ3v) is 11.2. The SMILES string of the molecule is Cc1cccc(C2C3=CCC4C(=O)N(Cc5ccccc5)C(=O)C4C3CC3C(=O)C(c4ccccc4)=CC(=O)C32c2ccccc2)c1O. The van der Waals surface area contributed by atoms with Crippen LogP contribution in [0.4, 0.5) is 0 Å². The maximum atomic E-state index is 15.1. The van der Waals surface area contributed by atoms with Gasteiger partial charge >= 0.3 is 0 Å². The molecule has 3 aliphatic carbocycles. The van der Waals surface area contributed by atoms with Crippen LogP contribution in [0.25, 0.3) is 5.57 Å². The minimum absolute atomic E-state index is 0.0674. The molecule has 4 aliphatic rings. The lowest BCUT2D eigenvalue weighted by molar-refractivity contribution is -0.141. The molecule has 6 unspecified atom stereocenters. The van der Waals surface area contributed by atoms with Gasteiger partial charge in [0.2, 0.25) is 11.8 Å². The first-order valence-electron chi connectivity index (χ1n) is 16.6. The summed E-state index contributed by atoms with van der Waals surface area (Å²) in [6.07, 6.45) is 4.11. The number of carbonyl (C=O) groups excluding carboxylic acids is 4. The van der Waals surface area contributed by atoms with Gasteiger partial charge in [-0.25, -0.2) is 0 Å². The molecule has 2 fully saturated rings. The Morgan fingerprint density at radius 3 is 2.15 bits per heavy atom. The van der Waals surface area contributed by atoms with E-state index in [0.717, 1.165) is 11.1 Å². The first-order chi connectivity index (χ1) is 23.3. The first-order valence-corrected chi connectivity index (χ1v) is 16.6. The number of Topliss-reactive ketones (excluding diaryl/α,β-unsaturated/α-hetero) is 1.